The predicted molar refractivity (Wildman–Crippen MR) is 75.1 cm³/mol. The fraction of sp³-hybridized carbons (Fsp3) is 0.467. The van der Waals surface area contributed by atoms with Crippen LogP contribution in [0.3, 0.4) is 0 Å². The van der Waals surface area contributed by atoms with Gasteiger partial charge in [0.1, 0.15) is 18.4 Å². The number of nitrogens with zero attached hydrogens (tertiary/aromatic N) is 2. The van der Waals surface area contributed by atoms with Crippen LogP contribution >= 0.6 is 0 Å². The second kappa shape index (κ2) is 6.86. The summed E-state index contributed by atoms with van der Waals surface area (Å²) in [4.78, 5) is 13.6. The van der Waals surface area contributed by atoms with E-state index in [0.29, 0.717) is 25.1 Å². The van der Waals surface area contributed by atoms with E-state index in [1.165, 1.54) is 12.1 Å². The number of anilines is 1. The van der Waals surface area contributed by atoms with Gasteiger partial charge in [-0.25, -0.2) is 4.39 Å². The third-order valence-corrected chi connectivity index (χ3v) is 3.67. The smallest absolute Gasteiger partial charge is 0.370 e. The van der Waals surface area contributed by atoms with Crippen LogP contribution in [0, 0.1) is 23.1 Å². The third-order valence-electron chi connectivity index (χ3n) is 3.67. The Labute approximate surface area is 130 Å². The van der Waals surface area contributed by atoms with Crippen LogP contribution in [0.4, 0.5) is 23.2 Å². The summed E-state index contributed by atoms with van der Waals surface area (Å²) < 4.78 is 49.7. The van der Waals surface area contributed by atoms with Gasteiger partial charge in [0.15, 0.2) is 0 Å². The maximum absolute atomic E-state index is 13.2. The van der Waals surface area contributed by atoms with Crippen molar-refractivity contribution >= 4 is 11.6 Å². The van der Waals surface area contributed by atoms with Crippen LogP contribution in [0.1, 0.15) is 18.4 Å². The molecule has 23 heavy (non-hydrogen) atoms. The van der Waals surface area contributed by atoms with E-state index in [0.717, 1.165) is 6.07 Å². The van der Waals surface area contributed by atoms with Crippen molar-refractivity contribution in [1.82, 2.24) is 5.32 Å². The number of carbonyl (C=O) groups is 1. The molecule has 1 aliphatic heterocycles. The van der Waals surface area contributed by atoms with Crippen molar-refractivity contribution in [1.29, 1.82) is 5.26 Å². The number of alkyl halides is 3. The van der Waals surface area contributed by atoms with E-state index in [-0.39, 0.29) is 12.1 Å². The van der Waals surface area contributed by atoms with Gasteiger partial charge in [0.05, 0.1) is 17.2 Å². The minimum atomic E-state index is -4.45. The molecule has 4 nitrogen and oxygen atoms in total. The SMILES string of the molecule is N#Cc1cc(F)ccc1N1CCCC(C(=O)NCC(F)(F)F)C1. The molecule has 124 valence electrons. The van der Waals surface area contributed by atoms with Crippen molar-refractivity contribution in [3.63, 3.8) is 0 Å². The van der Waals surface area contributed by atoms with Crippen molar-refractivity contribution in [3.8, 4) is 6.07 Å². The summed E-state index contributed by atoms with van der Waals surface area (Å²) in [5.41, 5.74) is 0.628. The minimum absolute atomic E-state index is 0.140. The summed E-state index contributed by atoms with van der Waals surface area (Å²) in [6, 6.07) is 5.65. The van der Waals surface area contributed by atoms with Crippen LogP contribution in [0.5, 0.6) is 0 Å². The molecule has 1 atom stereocenters. The Hall–Kier alpha value is -2.30. The van der Waals surface area contributed by atoms with Gasteiger partial charge in [0.2, 0.25) is 5.91 Å². The first-order valence-corrected chi connectivity index (χ1v) is 7.09. The number of nitrogens with one attached hydrogen (secondary N) is 1. The molecule has 1 N–H and O–H groups in total. The fourth-order valence-electron chi connectivity index (χ4n) is 2.62. The van der Waals surface area contributed by atoms with E-state index in [2.05, 4.69) is 0 Å². The third kappa shape index (κ3) is 4.58. The quantitative estimate of drug-likeness (QED) is 0.867. The Morgan fingerprint density at radius 2 is 2.17 bits per heavy atom. The van der Waals surface area contributed by atoms with E-state index in [4.69, 9.17) is 5.26 Å². The Kier molecular flexibility index (Phi) is 5.08. The first kappa shape index (κ1) is 17.1. The molecule has 0 bridgehead atoms. The average molecular weight is 329 g/mol. The maximum atomic E-state index is 13.2. The monoisotopic (exact) mass is 329 g/mol. The standard InChI is InChI=1S/C15H15F4N3O/c16-12-3-4-13(11(6-12)7-20)22-5-1-2-10(8-22)14(23)21-9-15(17,18)19/h3-4,6,10H,1-2,5,8-9H2,(H,21,23). The average Bonchev–Trinajstić information content (AvgIpc) is 2.51. The summed E-state index contributed by atoms with van der Waals surface area (Å²) in [6.07, 6.45) is -3.37. The zero-order chi connectivity index (χ0) is 17.0. The molecule has 1 saturated heterocycles. The largest absolute Gasteiger partial charge is 0.405 e. The van der Waals surface area contributed by atoms with Crippen molar-refractivity contribution < 1.29 is 22.4 Å². The van der Waals surface area contributed by atoms with Gasteiger partial charge in [-0.3, -0.25) is 4.79 Å². The lowest BCUT2D eigenvalue weighted by Gasteiger charge is -2.34. The maximum Gasteiger partial charge on any atom is 0.405 e. The molecule has 1 aromatic rings. The molecule has 1 amide bonds. The van der Waals surface area contributed by atoms with E-state index in [9.17, 15) is 22.4 Å². The molecular formula is C15H15F4N3O. The van der Waals surface area contributed by atoms with Gasteiger partial charge in [0, 0.05) is 13.1 Å². The zero-order valence-electron chi connectivity index (χ0n) is 12.2. The van der Waals surface area contributed by atoms with Crippen molar-refractivity contribution in [2.75, 3.05) is 24.5 Å². The van der Waals surface area contributed by atoms with E-state index >= 15 is 0 Å². The highest BCUT2D eigenvalue weighted by Crippen LogP contribution is 2.27. The van der Waals surface area contributed by atoms with Gasteiger partial charge in [0.25, 0.3) is 0 Å². The zero-order valence-corrected chi connectivity index (χ0v) is 12.2. The summed E-state index contributed by atoms with van der Waals surface area (Å²) >= 11 is 0. The highest BCUT2D eigenvalue weighted by molar-refractivity contribution is 5.79. The minimum Gasteiger partial charge on any atom is -0.370 e. The number of carbonyl (C=O) groups excluding carboxylic acids is 1. The van der Waals surface area contributed by atoms with Crippen molar-refractivity contribution in [3.05, 3.63) is 29.6 Å². The Balaban J connectivity index is 2.07. The molecule has 1 aromatic carbocycles. The van der Waals surface area contributed by atoms with Crippen LogP contribution in [0.25, 0.3) is 0 Å². The molecule has 0 radical (unpaired) electrons. The molecule has 0 aromatic heterocycles. The van der Waals surface area contributed by atoms with Crippen LogP contribution in [0.2, 0.25) is 0 Å². The van der Waals surface area contributed by atoms with Gasteiger partial charge in [-0.15, -0.1) is 0 Å². The summed E-state index contributed by atoms with van der Waals surface area (Å²) in [7, 11) is 0. The Bertz CT molecular complexity index is 624. The lowest BCUT2D eigenvalue weighted by molar-refractivity contribution is -0.140. The van der Waals surface area contributed by atoms with E-state index < -0.39 is 30.4 Å². The summed E-state index contributed by atoms with van der Waals surface area (Å²) in [5.74, 6) is -1.79. The summed E-state index contributed by atoms with van der Waals surface area (Å²) in [6.45, 7) is -0.601. The normalized spacial score (nSPS) is 18.4. The van der Waals surface area contributed by atoms with Gasteiger partial charge >= 0.3 is 6.18 Å². The molecule has 0 spiro atoms. The second-order valence-corrected chi connectivity index (χ2v) is 5.39. The first-order chi connectivity index (χ1) is 10.8. The highest BCUT2D eigenvalue weighted by atomic mass is 19.4. The van der Waals surface area contributed by atoms with Gasteiger partial charge in [-0.1, -0.05) is 0 Å². The highest BCUT2D eigenvalue weighted by Gasteiger charge is 2.31. The molecule has 1 heterocycles. The second-order valence-electron chi connectivity index (χ2n) is 5.39. The topological polar surface area (TPSA) is 56.1 Å². The number of benzene rings is 1. The lowest BCUT2D eigenvalue weighted by atomic mass is 9.96. The molecule has 0 saturated carbocycles. The molecular weight excluding hydrogens is 314 g/mol. The number of piperidine rings is 1. The van der Waals surface area contributed by atoms with Gasteiger partial charge in [-0.05, 0) is 31.0 Å². The number of rotatable bonds is 3. The van der Waals surface area contributed by atoms with Crippen molar-refractivity contribution in [2.45, 2.75) is 19.0 Å². The lowest BCUT2D eigenvalue weighted by Crippen LogP contribution is -2.45. The van der Waals surface area contributed by atoms with Gasteiger partial charge in [-0.2, -0.15) is 18.4 Å². The van der Waals surface area contributed by atoms with Crippen molar-refractivity contribution in [2.24, 2.45) is 5.92 Å². The summed E-state index contributed by atoms with van der Waals surface area (Å²) in [5, 5.41) is 11.0. The number of hydrogen-bond donors (Lipinski definition) is 1. The van der Waals surface area contributed by atoms with E-state index in [1.807, 2.05) is 11.4 Å². The molecule has 8 heteroatoms. The fourth-order valence-corrected chi connectivity index (χ4v) is 2.62. The predicted octanol–water partition coefficient (Wildman–Crippen LogP) is 2.59. The number of halogens is 4. The molecule has 1 unspecified atom stereocenters. The van der Waals surface area contributed by atoms with E-state index in [1.54, 1.807) is 4.90 Å². The molecule has 0 aliphatic carbocycles. The Morgan fingerprint density at radius 1 is 1.43 bits per heavy atom. The van der Waals surface area contributed by atoms with Crippen LogP contribution < -0.4 is 10.2 Å². The number of nitriles is 1. The number of amides is 1. The van der Waals surface area contributed by atoms with Gasteiger partial charge < -0.3 is 10.2 Å². The first-order valence-electron chi connectivity index (χ1n) is 7.09. The van der Waals surface area contributed by atoms with Crippen LogP contribution in [0.15, 0.2) is 18.2 Å². The van der Waals surface area contributed by atoms with Crippen LogP contribution in [-0.2, 0) is 4.79 Å². The molecule has 1 fully saturated rings. The number of hydrogen-bond acceptors (Lipinski definition) is 3. The molecule has 1 aliphatic rings. The van der Waals surface area contributed by atoms with Crippen LogP contribution in [-0.4, -0.2) is 31.7 Å². The Morgan fingerprint density at radius 3 is 2.83 bits per heavy atom. The molecule has 2 rings (SSSR count).